The summed E-state index contributed by atoms with van der Waals surface area (Å²) < 4.78 is 31.5. The minimum Gasteiger partial charge on any atom is -0.492 e. The van der Waals surface area contributed by atoms with Crippen LogP contribution in [-0.4, -0.2) is 32.6 Å². The number of hydrogen-bond acceptors (Lipinski definition) is 4. The third-order valence-electron chi connectivity index (χ3n) is 2.93. The summed E-state index contributed by atoms with van der Waals surface area (Å²) in [6.45, 7) is 2.11. The zero-order valence-corrected chi connectivity index (χ0v) is 11.2. The summed E-state index contributed by atoms with van der Waals surface area (Å²) in [6, 6.07) is 4.50. The van der Waals surface area contributed by atoms with Gasteiger partial charge in [0, 0.05) is 6.54 Å². The summed E-state index contributed by atoms with van der Waals surface area (Å²) in [4.78, 5) is 11.1. The minimum atomic E-state index is -3.53. The summed E-state index contributed by atoms with van der Waals surface area (Å²) >= 11 is 0. The molecule has 19 heavy (non-hydrogen) atoms. The fraction of sp³-hybridized carbons (Fsp3) is 0.417. The normalized spacial score (nSPS) is 18.5. The lowest BCUT2D eigenvalue weighted by Crippen LogP contribution is -2.28. The Morgan fingerprint density at radius 2 is 2.26 bits per heavy atom. The fourth-order valence-corrected chi connectivity index (χ4v) is 3.06. The van der Waals surface area contributed by atoms with Gasteiger partial charge in [0.2, 0.25) is 10.0 Å². The van der Waals surface area contributed by atoms with Gasteiger partial charge in [-0.1, -0.05) is 6.92 Å². The van der Waals surface area contributed by atoms with Crippen LogP contribution in [0.2, 0.25) is 0 Å². The predicted molar refractivity (Wildman–Crippen MR) is 67.6 cm³/mol. The number of sulfonamides is 1. The van der Waals surface area contributed by atoms with Crippen LogP contribution in [0.15, 0.2) is 23.1 Å². The Bertz CT molecular complexity index is 596. The first-order chi connectivity index (χ1) is 8.94. The van der Waals surface area contributed by atoms with Gasteiger partial charge < -0.3 is 9.84 Å². The van der Waals surface area contributed by atoms with Crippen molar-refractivity contribution < 1.29 is 23.1 Å². The molecule has 0 bridgehead atoms. The molecule has 1 aromatic carbocycles. The van der Waals surface area contributed by atoms with E-state index in [2.05, 4.69) is 4.72 Å². The van der Waals surface area contributed by atoms with Crippen molar-refractivity contribution in [2.24, 2.45) is 5.92 Å². The highest BCUT2D eigenvalue weighted by Gasteiger charge is 2.27. The highest BCUT2D eigenvalue weighted by atomic mass is 32.2. The number of rotatable bonds is 4. The molecule has 0 aliphatic carbocycles. The zero-order valence-electron chi connectivity index (χ0n) is 10.4. The van der Waals surface area contributed by atoms with Gasteiger partial charge >= 0.3 is 5.97 Å². The van der Waals surface area contributed by atoms with Crippen molar-refractivity contribution in [2.75, 3.05) is 13.2 Å². The summed E-state index contributed by atoms with van der Waals surface area (Å²) in [5.41, 5.74) is 0.609. The third kappa shape index (κ3) is 2.87. The van der Waals surface area contributed by atoms with Gasteiger partial charge in [-0.2, -0.15) is 0 Å². The zero-order chi connectivity index (χ0) is 14.0. The molecule has 1 aliphatic rings. The fourth-order valence-electron chi connectivity index (χ4n) is 1.97. The van der Waals surface area contributed by atoms with Gasteiger partial charge in [0.1, 0.15) is 12.4 Å². The van der Waals surface area contributed by atoms with Crippen molar-refractivity contribution in [3.63, 3.8) is 0 Å². The molecule has 7 heteroatoms. The number of hydrogen-bond donors (Lipinski definition) is 2. The highest BCUT2D eigenvalue weighted by molar-refractivity contribution is 7.89. The predicted octanol–water partition coefficient (Wildman–Crippen LogP) is 0.620. The van der Waals surface area contributed by atoms with Crippen LogP contribution in [0.4, 0.5) is 0 Å². The molecule has 6 nitrogen and oxygen atoms in total. The molecule has 0 spiro atoms. The van der Waals surface area contributed by atoms with Gasteiger partial charge in [-0.05, 0) is 30.2 Å². The lowest BCUT2D eigenvalue weighted by atomic mass is 9.97. The molecule has 1 aromatic rings. The highest BCUT2D eigenvalue weighted by Crippen LogP contribution is 2.29. The maximum absolute atomic E-state index is 11.9. The Hall–Kier alpha value is -1.60. The summed E-state index contributed by atoms with van der Waals surface area (Å²) in [5.74, 6) is -1.02. The summed E-state index contributed by atoms with van der Waals surface area (Å²) in [5, 5.41) is 8.97. The van der Waals surface area contributed by atoms with Crippen LogP contribution in [0.25, 0.3) is 0 Å². The molecular weight excluding hydrogens is 270 g/mol. The second-order valence-electron chi connectivity index (χ2n) is 4.32. The topological polar surface area (TPSA) is 92.7 Å². The summed E-state index contributed by atoms with van der Waals surface area (Å²) in [6.07, 6.45) is 0.278. The number of aliphatic carboxylic acids is 1. The SMILES string of the molecule is CCNS(=O)(=O)c1ccc2c(c1)CC(C(=O)O)CO2. The lowest BCUT2D eigenvalue weighted by molar-refractivity contribution is -0.143. The van der Waals surface area contributed by atoms with Gasteiger partial charge in [0.15, 0.2) is 0 Å². The monoisotopic (exact) mass is 285 g/mol. The van der Waals surface area contributed by atoms with Crippen molar-refractivity contribution in [3.8, 4) is 5.75 Å². The molecule has 2 rings (SSSR count). The van der Waals surface area contributed by atoms with Crippen LogP contribution in [0.5, 0.6) is 5.75 Å². The first-order valence-corrected chi connectivity index (χ1v) is 7.40. The van der Waals surface area contributed by atoms with E-state index in [0.29, 0.717) is 17.9 Å². The van der Waals surface area contributed by atoms with Crippen molar-refractivity contribution in [2.45, 2.75) is 18.2 Å². The van der Waals surface area contributed by atoms with E-state index in [1.54, 1.807) is 13.0 Å². The molecule has 0 saturated carbocycles. The Morgan fingerprint density at radius 3 is 2.89 bits per heavy atom. The average Bonchev–Trinajstić information content (AvgIpc) is 2.37. The van der Waals surface area contributed by atoms with Crippen LogP contribution in [0.1, 0.15) is 12.5 Å². The molecule has 1 heterocycles. The first-order valence-electron chi connectivity index (χ1n) is 5.92. The van der Waals surface area contributed by atoms with E-state index in [0.717, 1.165) is 0 Å². The standard InChI is InChI=1S/C12H15NO5S/c1-2-13-19(16,17)10-3-4-11-8(6-10)5-9(7-18-11)12(14)15/h3-4,6,9,13H,2,5,7H2,1H3,(H,14,15). The molecular formula is C12H15NO5S. The third-order valence-corrected chi connectivity index (χ3v) is 4.48. The number of carboxylic acids is 1. The van der Waals surface area contributed by atoms with E-state index in [1.807, 2.05) is 0 Å². The van der Waals surface area contributed by atoms with Crippen LogP contribution in [0.3, 0.4) is 0 Å². The van der Waals surface area contributed by atoms with Crippen LogP contribution >= 0.6 is 0 Å². The van der Waals surface area contributed by atoms with Gasteiger partial charge in [-0.15, -0.1) is 0 Å². The second kappa shape index (κ2) is 5.18. The van der Waals surface area contributed by atoms with Gasteiger partial charge in [0.05, 0.1) is 10.8 Å². The molecule has 0 fully saturated rings. The minimum absolute atomic E-state index is 0.113. The Morgan fingerprint density at radius 1 is 1.53 bits per heavy atom. The Balaban J connectivity index is 2.34. The smallest absolute Gasteiger partial charge is 0.310 e. The molecule has 0 amide bonds. The molecule has 1 atom stereocenters. The van der Waals surface area contributed by atoms with E-state index in [-0.39, 0.29) is 17.9 Å². The molecule has 1 aliphatic heterocycles. The summed E-state index contributed by atoms with van der Waals surface area (Å²) in [7, 11) is -3.53. The van der Waals surface area contributed by atoms with E-state index in [1.165, 1.54) is 12.1 Å². The maximum Gasteiger partial charge on any atom is 0.310 e. The van der Waals surface area contributed by atoms with Crippen molar-refractivity contribution in [3.05, 3.63) is 23.8 Å². The van der Waals surface area contributed by atoms with E-state index >= 15 is 0 Å². The largest absolute Gasteiger partial charge is 0.492 e. The van der Waals surface area contributed by atoms with Crippen LogP contribution < -0.4 is 9.46 Å². The molecule has 2 N–H and O–H groups in total. The molecule has 0 radical (unpaired) electrons. The number of carboxylic acid groups (broad SMARTS) is 1. The van der Waals surface area contributed by atoms with E-state index in [4.69, 9.17) is 9.84 Å². The number of fused-ring (bicyclic) bond motifs is 1. The van der Waals surface area contributed by atoms with Gasteiger partial charge in [-0.25, -0.2) is 13.1 Å². The number of carbonyl (C=O) groups is 1. The van der Waals surface area contributed by atoms with Gasteiger partial charge in [0.25, 0.3) is 0 Å². The average molecular weight is 285 g/mol. The van der Waals surface area contributed by atoms with E-state index < -0.39 is 21.9 Å². The molecule has 1 unspecified atom stereocenters. The van der Waals surface area contributed by atoms with Crippen molar-refractivity contribution in [1.82, 2.24) is 4.72 Å². The number of benzene rings is 1. The van der Waals surface area contributed by atoms with Crippen LogP contribution in [-0.2, 0) is 21.2 Å². The molecule has 104 valence electrons. The quantitative estimate of drug-likeness (QED) is 0.846. The molecule has 0 aromatic heterocycles. The first kappa shape index (κ1) is 13.8. The van der Waals surface area contributed by atoms with E-state index in [9.17, 15) is 13.2 Å². The maximum atomic E-state index is 11.9. The Kier molecular flexibility index (Phi) is 3.77. The molecule has 0 saturated heterocycles. The number of nitrogens with one attached hydrogen (secondary N) is 1. The van der Waals surface area contributed by atoms with Crippen molar-refractivity contribution >= 4 is 16.0 Å². The van der Waals surface area contributed by atoms with Crippen molar-refractivity contribution in [1.29, 1.82) is 0 Å². The van der Waals surface area contributed by atoms with Gasteiger partial charge in [-0.3, -0.25) is 4.79 Å². The second-order valence-corrected chi connectivity index (χ2v) is 6.09. The Labute approximate surface area is 111 Å². The van der Waals surface area contributed by atoms with Crippen LogP contribution in [0, 0.1) is 5.92 Å². The lowest BCUT2D eigenvalue weighted by Gasteiger charge is -2.23. The number of ether oxygens (including phenoxy) is 1.